The number of quaternary nitrogens is 1. The van der Waals surface area contributed by atoms with Gasteiger partial charge in [-0.25, -0.2) is 4.98 Å². The monoisotopic (exact) mass is 351 g/mol. The fourth-order valence-corrected chi connectivity index (χ4v) is 3.45. The van der Waals surface area contributed by atoms with Gasteiger partial charge in [-0.3, -0.25) is 4.90 Å². The van der Waals surface area contributed by atoms with E-state index < -0.39 is 0 Å². The third kappa shape index (κ3) is 3.46. The summed E-state index contributed by atoms with van der Waals surface area (Å²) in [5, 5.41) is 8.56. The summed E-state index contributed by atoms with van der Waals surface area (Å²) < 4.78 is 5.97. The molecule has 0 saturated carbocycles. The summed E-state index contributed by atoms with van der Waals surface area (Å²) in [5.41, 5.74) is 2.20. The molecule has 1 fully saturated rings. The van der Waals surface area contributed by atoms with Crippen molar-refractivity contribution in [1.29, 1.82) is 0 Å². The first kappa shape index (κ1) is 16.7. The quantitative estimate of drug-likeness (QED) is 0.770. The maximum Gasteiger partial charge on any atom is 0.274 e. The highest BCUT2D eigenvalue weighted by Gasteiger charge is 2.32. The number of nitrogens with one attached hydrogen (secondary N) is 2. The van der Waals surface area contributed by atoms with Gasteiger partial charge in [0, 0.05) is 11.6 Å². The maximum absolute atomic E-state index is 5.97. The zero-order valence-corrected chi connectivity index (χ0v) is 15.3. The number of hydrogen-bond acceptors (Lipinski definition) is 4. The van der Waals surface area contributed by atoms with Gasteiger partial charge in [0.2, 0.25) is 5.89 Å². The molecule has 0 spiro atoms. The van der Waals surface area contributed by atoms with Gasteiger partial charge >= 0.3 is 0 Å². The molecule has 0 unspecified atom stereocenters. The molecular weight excluding hydrogens is 326 g/mol. The number of benzene rings is 1. The number of piperazine rings is 1. The van der Waals surface area contributed by atoms with Crippen LogP contribution in [0.3, 0.4) is 0 Å². The van der Waals surface area contributed by atoms with E-state index in [1.807, 2.05) is 24.4 Å². The van der Waals surface area contributed by atoms with Crippen molar-refractivity contribution in [3.63, 3.8) is 0 Å². The first-order valence-electron chi connectivity index (χ1n) is 9.17. The summed E-state index contributed by atoms with van der Waals surface area (Å²) in [6, 6.07) is 14.6. The van der Waals surface area contributed by atoms with Crippen LogP contribution in [0.2, 0.25) is 0 Å². The van der Waals surface area contributed by atoms with Crippen LogP contribution in [0.5, 0.6) is 0 Å². The van der Waals surface area contributed by atoms with E-state index in [0.29, 0.717) is 5.89 Å². The van der Waals surface area contributed by atoms with Gasteiger partial charge in [-0.15, -0.1) is 10.2 Å². The summed E-state index contributed by atoms with van der Waals surface area (Å²) in [6.07, 6.45) is 1.97. The molecule has 6 heteroatoms. The van der Waals surface area contributed by atoms with E-state index in [1.165, 1.54) is 16.3 Å². The van der Waals surface area contributed by atoms with Gasteiger partial charge in [-0.2, -0.15) is 0 Å². The van der Waals surface area contributed by atoms with Crippen molar-refractivity contribution >= 4 is 5.82 Å². The van der Waals surface area contributed by atoms with Gasteiger partial charge in [0.15, 0.2) is 6.04 Å². The predicted molar refractivity (Wildman–Crippen MR) is 98.8 cm³/mol. The molecule has 1 aromatic carbocycles. The number of hydrogen-bond donors (Lipinski definition) is 1. The Bertz CT molecular complexity index is 838. The summed E-state index contributed by atoms with van der Waals surface area (Å²) in [6.45, 7) is 8.37. The van der Waals surface area contributed by atoms with Crippen LogP contribution < -0.4 is 14.8 Å². The van der Waals surface area contributed by atoms with Gasteiger partial charge in [0.25, 0.3) is 11.7 Å². The molecule has 6 nitrogen and oxygen atoms in total. The summed E-state index contributed by atoms with van der Waals surface area (Å²) in [4.78, 5) is 7.19. The Balaban J connectivity index is 1.41. The van der Waals surface area contributed by atoms with Crippen molar-refractivity contribution in [2.45, 2.75) is 19.9 Å². The van der Waals surface area contributed by atoms with E-state index in [1.54, 1.807) is 0 Å². The largest absolute Gasteiger partial charge is 0.415 e. The van der Waals surface area contributed by atoms with Crippen LogP contribution in [0, 0.1) is 6.92 Å². The summed E-state index contributed by atoms with van der Waals surface area (Å²) in [7, 11) is 0. The van der Waals surface area contributed by atoms with Crippen LogP contribution in [0.15, 0.2) is 53.1 Å². The van der Waals surface area contributed by atoms with Crippen molar-refractivity contribution in [3.8, 4) is 11.5 Å². The molecule has 3 aromatic rings. The molecule has 1 aliphatic heterocycles. The van der Waals surface area contributed by atoms with Crippen molar-refractivity contribution in [3.05, 3.63) is 60.1 Å². The smallest absolute Gasteiger partial charge is 0.274 e. The molecule has 2 N–H and O–H groups in total. The van der Waals surface area contributed by atoms with Crippen LogP contribution in [-0.2, 0) is 0 Å². The number of aromatic nitrogens is 3. The Kier molecular flexibility index (Phi) is 4.67. The Morgan fingerprint density at radius 2 is 1.85 bits per heavy atom. The fraction of sp³-hybridized carbons (Fsp3) is 0.350. The van der Waals surface area contributed by atoms with Crippen LogP contribution in [-0.4, -0.2) is 36.4 Å². The van der Waals surface area contributed by atoms with Gasteiger partial charge in [-0.1, -0.05) is 23.8 Å². The molecular formula is C20H25N5O+2. The minimum Gasteiger partial charge on any atom is -0.415 e. The van der Waals surface area contributed by atoms with E-state index in [-0.39, 0.29) is 6.04 Å². The molecule has 0 bridgehead atoms. The average molecular weight is 351 g/mol. The summed E-state index contributed by atoms with van der Waals surface area (Å²) >= 11 is 0. The zero-order valence-electron chi connectivity index (χ0n) is 15.3. The lowest BCUT2D eigenvalue weighted by Gasteiger charge is -2.30. The predicted octanol–water partition coefficient (Wildman–Crippen LogP) is 1.33. The third-order valence-corrected chi connectivity index (χ3v) is 5.16. The molecule has 4 rings (SSSR count). The standard InChI is InChI=1S/C20H23N5O/c1-15-6-8-17(9-7-15)20-23-22-19(26-20)16(2)24-11-13-25(14-12-24)18-5-3-4-10-21-18/h3-10,16H,11-14H2,1-2H3/p+2/t16-/m0/s1. The number of aryl methyl sites for hydroxylation is 1. The van der Waals surface area contributed by atoms with Gasteiger partial charge in [0.05, 0.1) is 6.20 Å². The number of H-pyrrole nitrogens is 1. The highest BCUT2D eigenvalue weighted by molar-refractivity contribution is 5.52. The molecule has 0 radical (unpaired) electrons. The number of pyridine rings is 1. The fourth-order valence-electron chi connectivity index (χ4n) is 3.45. The van der Waals surface area contributed by atoms with Crippen LogP contribution in [0.1, 0.15) is 24.4 Å². The molecule has 0 aliphatic carbocycles. The zero-order chi connectivity index (χ0) is 17.9. The second-order valence-electron chi connectivity index (χ2n) is 6.93. The lowest BCUT2D eigenvalue weighted by Crippen LogP contribution is -3.14. The molecule has 2 aromatic heterocycles. The number of aromatic amines is 1. The van der Waals surface area contributed by atoms with Gasteiger partial charge in [0.1, 0.15) is 26.2 Å². The second kappa shape index (κ2) is 7.25. The van der Waals surface area contributed by atoms with E-state index in [4.69, 9.17) is 4.42 Å². The minimum atomic E-state index is 0.198. The third-order valence-electron chi connectivity index (χ3n) is 5.16. The van der Waals surface area contributed by atoms with E-state index in [2.05, 4.69) is 58.2 Å². The molecule has 1 aliphatic rings. The van der Waals surface area contributed by atoms with Crippen molar-refractivity contribution in [1.82, 2.24) is 10.2 Å². The van der Waals surface area contributed by atoms with E-state index >= 15 is 0 Å². The molecule has 26 heavy (non-hydrogen) atoms. The molecule has 1 atom stereocenters. The second-order valence-corrected chi connectivity index (χ2v) is 6.93. The molecule has 0 amide bonds. The Morgan fingerprint density at radius 3 is 2.54 bits per heavy atom. The highest BCUT2D eigenvalue weighted by atomic mass is 16.4. The first-order valence-corrected chi connectivity index (χ1v) is 9.17. The van der Waals surface area contributed by atoms with Crippen LogP contribution >= 0.6 is 0 Å². The lowest BCUT2D eigenvalue weighted by molar-refractivity contribution is -0.931. The van der Waals surface area contributed by atoms with Crippen molar-refractivity contribution in [2.75, 3.05) is 31.1 Å². The maximum atomic E-state index is 5.97. The van der Waals surface area contributed by atoms with Gasteiger partial charge < -0.3 is 9.32 Å². The lowest BCUT2D eigenvalue weighted by atomic mass is 10.1. The SMILES string of the molecule is Cc1ccc(-c2nnc([C@H](C)[NH+]3CCN(c4cccc[nH+]4)CC3)o2)cc1. The minimum absolute atomic E-state index is 0.198. The highest BCUT2D eigenvalue weighted by Crippen LogP contribution is 2.20. The van der Waals surface area contributed by atoms with Crippen LogP contribution in [0.4, 0.5) is 5.82 Å². The molecule has 1 saturated heterocycles. The Labute approximate surface area is 153 Å². The average Bonchev–Trinajstić information content (AvgIpc) is 3.19. The van der Waals surface area contributed by atoms with E-state index in [0.717, 1.165) is 37.6 Å². The Hall–Kier alpha value is -2.73. The number of rotatable bonds is 4. The number of anilines is 1. The first-order chi connectivity index (χ1) is 12.7. The number of nitrogens with zero attached hydrogens (tertiary/aromatic N) is 3. The Morgan fingerprint density at radius 1 is 1.08 bits per heavy atom. The molecule has 134 valence electrons. The normalized spacial score (nSPS) is 16.6. The van der Waals surface area contributed by atoms with Gasteiger partial charge in [-0.05, 0) is 32.0 Å². The van der Waals surface area contributed by atoms with Crippen molar-refractivity contribution < 1.29 is 14.3 Å². The topological polar surface area (TPSA) is 60.7 Å². The van der Waals surface area contributed by atoms with Crippen LogP contribution in [0.25, 0.3) is 11.5 Å². The summed E-state index contributed by atoms with van der Waals surface area (Å²) in [5.74, 6) is 2.50. The van der Waals surface area contributed by atoms with Crippen molar-refractivity contribution in [2.24, 2.45) is 0 Å². The van der Waals surface area contributed by atoms with E-state index in [9.17, 15) is 0 Å². The molecule has 3 heterocycles.